The standard InChI is InChI=1S/C9H19N.C7H14/c1-3-4-9-5-7-10(2)8-6-9;1-7-5-3-2-4-6-7/h9H,3-8H2,1-2H3;7H,2-6H2,1H3. The first-order valence-electron chi connectivity index (χ1n) is 7.91. The van der Waals surface area contributed by atoms with Crippen molar-refractivity contribution in [1.29, 1.82) is 0 Å². The van der Waals surface area contributed by atoms with E-state index in [1.165, 1.54) is 70.9 Å². The highest BCUT2D eigenvalue weighted by atomic mass is 15.1. The van der Waals surface area contributed by atoms with Crippen LogP contribution >= 0.6 is 0 Å². The minimum atomic E-state index is 1.04. The molecule has 2 aliphatic rings. The second-order valence-corrected chi connectivity index (χ2v) is 6.28. The summed E-state index contributed by atoms with van der Waals surface area (Å²) in [5.41, 5.74) is 0. The Hall–Kier alpha value is -0.0400. The second kappa shape index (κ2) is 8.97. The van der Waals surface area contributed by atoms with Crippen molar-refractivity contribution in [3.63, 3.8) is 0 Å². The van der Waals surface area contributed by atoms with Crippen LogP contribution in [0.2, 0.25) is 0 Å². The molecule has 1 nitrogen and oxygen atoms in total. The van der Waals surface area contributed by atoms with E-state index < -0.39 is 0 Å². The third-order valence-electron chi connectivity index (χ3n) is 4.43. The van der Waals surface area contributed by atoms with E-state index in [9.17, 15) is 0 Å². The van der Waals surface area contributed by atoms with E-state index in [1.807, 2.05) is 0 Å². The van der Waals surface area contributed by atoms with Gasteiger partial charge in [0.15, 0.2) is 0 Å². The van der Waals surface area contributed by atoms with E-state index >= 15 is 0 Å². The summed E-state index contributed by atoms with van der Waals surface area (Å²) in [5.74, 6) is 2.08. The van der Waals surface area contributed by atoms with Gasteiger partial charge in [0.2, 0.25) is 0 Å². The van der Waals surface area contributed by atoms with Gasteiger partial charge >= 0.3 is 0 Å². The van der Waals surface area contributed by atoms with Crippen molar-refractivity contribution >= 4 is 0 Å². The Morgan fingerprint density at radius 2 is 1.53 bits per heavy atom. The van der Waals surface area contributed by atoms with Crippen LogP contribution in [0.25, 0.3) is 0 Å². The lowest BCUT2D eigenvalue weighted by molar-refractivity contribution is 0.211. The van der Waals surface area contributed by atoms with Crippen LogP contribution in [0, 0.1) is 11.8 Å². The van der Waals surface area contributed by atoms with Gasteiger partial charge < -0.3 is 4.90 Å². The number of nitrogens with zero attached hydrogens (tertiary/aromatic N) is 1. The summed E-state index contributed by atoms with van der Waals surface area (Å²) in [6.45, 7) is 7.30. The first kappa shape index (κ1) is 15.0. The van der Waals surface area contributed by atoms with Crippen molar-refractivity contribution in [3.8, 4) is 0 Å². The summed E-state index contributed by atoms with van der Waals surface area (Å²) in [6.07, 6.45) is 13.1. The van der Waals surface area contributed by atoms with Crippen molar-refractivity contribution in [1.82, 2.24) is 4.90 Å². The normalized spacial score (nSPS) is 24.2. The van der Waals surface area contributed by atoms with Crippen molar-refractivity contribution < 1.29 is 0 Å². The monoisotopic (exact) mass is 239 g/mol. The zero-order chi connectivity index (χ0) is 12.5. The van der Waals surface area contributed by atoms with Crippen LogP contribution in [0.5, 0.6) is 0 Å². The smallest absolute Gasteiger partial charge is 0.00191 e. The maximum atomic E-state index is 2.44. The van der Waals surface area contributed by atoms with Gasteiger partial charge in [0, 0.05) is 0 Å². The van der Waals surface area contributed by atoms with Crippen LogP contribution in [0.3, 0.4) is 0 Å². The summed E-state index contributed by atoms with van der Waals surface area (Å²) >= 11 is 0. The van der Waals surface area contributed by atoms with E-state index in [2.05, 4.69) is 25.8 Å². The number of likely N-dealkylation sites (tertiary alicyclic amines) is 1. The molecule has 0 aromatic rings. The molecular weight excluding hydrogens is 206 g/mol. The van der Waals surface area contributed by atoms with Gasteiger partial charge in [-0.2, -0.15) is 0 Å². The number of piperidine rings is 1. The molecule has 2 rings (SSSR count). The van der Waals surface area contributed by atoms with Crippen LogP contribution in [-0.2, 0) is 0 Å². The average molecular weight is 239 g/mol. The van der Waals surface area contributed by atoms with E-state index in [0.717, 1.165) is 11.8 Å². The molecule has 0 aromatic carbocycles. The van der Waals surface area contributed by atoms with E-state index in [-0.39, 0.29) is 0 Å². The quantitative estimate of drug-likeness (QED) is 0.674. The Balaban J connectivity index is 0.000000181. The molecule has 2 fully saturated rings. The largest absolute Gasteiger partial charge is 0.306 e. The fourth-order valence-corrected chi connectivity index (χ4v) is 3.07. The van der Waals surface area contributed by atoms with Gasteiger partial charge in [0.05, 0.1) is 0 Å². The van der Waals surface area contributed by atoms with E-state index in [1.54, 1.807) is 0 Å². The van der Waals surface area contributed by atoms with Gasteiger partial charge in [-0.3, -0.25) is 0 Å². The van der Waals surface area contributed by atoms with E-state index in [0.29, 0.717) is 0 Å². The van der Waals surface area contributed by atoms with Crippen molar-refractivity contribution in [2.45, 2.75) is 71.6 Å². The molecule has 1 saturated heterocycles. The molecule has 17 heavy (non-hydrogen) atoms. The highest BCUT2D eigenvalue weighted by molar-refractivity contribution is 4.68. The highest BCUT2D eigenvalue weighted by Gasteiger charge is 2.14. The lowest BCUT2D eigenvalue weighted by atomic mass is 9.91. The number of hydrogen-bond donors (Lipinski definition) is 0. The minimum absolute atomic E-state index is 1.04. The van der Waals surface area contributed by atoms with Crippen molar-refractivity contribution in [2.75, 3.05) is 20.1 Å². The van der Waals surface area contributed by atoms with Gasteiger partial charge in [0.25, 0.3) is 0 Å². The molecule has 1 heterocycles. The molecule has 0 unspecified atom stereocenters. The molecule has 1 heteroatoms. The molecule has 102 valence electrons. The summed E-state index contributed by atoms with van der Waals surface area (Å²) in [7, 11) is 2.22. The summed E-state index contributed by atoms with van der Waals surface area (Å²) < 4.78 is 0. The maximum absolute atomic E-state index is 2.44. The fourth-order valence-electron chi connectivity index (χ4n) is 3.07. The predicted octanol–water partition coefficient (Wildman–Crippen LogP) is 4.71. The third kappa shape index (κ3) is 7.08. The average Bonchev–Trinajstić information content (AvgIpc) is 2.34. The second-order valence-electron chi connectivity index (χ2n) is 6.28. The Bertz CT molecular complexity index is 164. The highest BCUT2D eigenvalue weighted by Crippen LogP contribution is 2.22. The summed E-state index contributed by atoms with van der Waals surface area (Å²) in [4.78, 5) is 2.44. The fraction of sp³-hybridized carbons (Fsp3) is 1.00. The van der Waals surface area contributed by atoms with Crippen molar-refractivity contribution in [3.05, 3.63) is 0 Å². The van der Waals surface area contributed by atoms with Crippen LogP contribution < -0.4 is 0 Å². The Morgan fingerprint density at radius 1 is 0.941 bits per heavy atom. The van der Waals surface area contributed by atoms with E-state index in [4.69, 9.17) is 0 Å². The van der Waals surface area contributed by atoms with Crippen LogP contribution in [-0.4, -0.2) is 25.0 Å². The van der Waals surface area contributed by atoms with Gasteiger partial charge in [-0.25, -0.2) is 0 Å². The molecule has 0 N–H and O–H groups in total. The SMILES string of the molecule is CC1CCCCC1.CCCC1CCN(C)CC1. The predicted molar refractivity (Wildman–Crippen MR) is 77.4 cm³/mol. The zero-order valence-corrected chi connectivity index (χ0v) is 12.4. The van der Waals surface area contributed by atoms with Crippen molar-refractivity contribution in [2.24, 2.45) is 11.8 Å². The van der Waals surface area contributed by atoms with Crippen LogP contribution in [0.15, 0.2) is 0 Å². The third-order valence-corrected chi connectivity index (χ3v) is 4.43. The van der Waals surface area contributed by atoms with Crippen LogP contribution in [0.4, 0.5) is 0 Å². The van der Waals surface area contributed by atoms with Crippen LogP contribution in [0.1, 0.15) is 71.6 Å². The molecule has 0 radical (unpaired) electrons. The van der Waals surface area contributed by atoms with Gasteiger partial charge in [-0.05, 0) is 44.8 Å². The Kier molecular flexibility index (Phi) is 7.92. The zero-order valence-electron chi connectivity index (χ0n) is 12.4. The Morgan fingerprint density at radius 3 is 1.94 bits per heavy atom. The molecule has 1 saturated carbocycles. The molecule has 0 spiro atoms. The molecule has 1 aliphatic heterocycles. The lowest BCUT2D eigenvalue weighted by Crippen LogP contribution is -2.29. The molecule has 0 atom stereocenters. The molecule has 0 aromatic heterocycles. The summed E-state index contributed by atoms with van der Waals surface area (Å²) in [6, 6.07) is 0. The van der Waals surface area contributed by atoms with Gasteiger partial charge in [-0.1, -0.05) is 58.8 Å². The number of rotatable bonds is 2. The molecule has 0 bridgehead atoms. The summed E-state index contributed by atoms with van der Waals surface area (Å²) in [5, 5.41) is 0. The van der Waals surface area contributed by atoms with Gasteiger partial charge in [0.1, 0.15) is 0 Å². The molecular formula is C16H33N. The first-order chi connectivity index (χ1) is 8.22. The maximum Gasteiger partial charge on any atom is -0.00191 e. The topological polar surface area (TPSA) is 3.24 Å². The Labute approximate surface area is 109 Å². The molecule has 1 aliphatic carbocycles. The number of hydrogen-bond acceptors (Lipinski definition) is 1. The van der Waals surface area contributed by atoms with Gasteiger partial charge in [-0.15, -0.1) is 0 Å². The minimum Gasteiger partial charge on any atom is -0.306 e. The first-order valence-corrected chi connectivity index (χ1v) is 7.91. The molecule has 0 amide bonds. The lowest BCUT2D eigenvalue weighted by Gasteiger charge is -2.28.